The first-order valence-electron chi connectivity index (χ1n) is 7.36. The summed E-state index contributed by atoms with van der Waals surface area (Å²) in [6.45, 7) is 6.94. The largest absolute Gasteiger partial charge is 0.457 e. The van der Waals surface area contributed by atoms with Crippen LogP contribution in [0.1, 0.15) is 10.4 Å². The first-order valence-corrected chi connectivity index (χ1v) is 7.36. The number of benzene rings is 3. The van der Waals surface area contributed by atoms with Gasteiger partial charge in [0.05, 0.1) is 6.57 Å². The number of hydrogen-bond donors (Lipinski definition) is 1. The molecule has 3 aromatic rings. The van der Waals surface area contributed by atoms with Crippen LogP contribution in [-0.4, -0.2) is 5.91 Å². The van der Waals surface area contributed by atoms with Crippen molar-refractivity contribution >= 4 is 17.3 Å². The van der Waals surface area contributed by atoms with Gasteiger partial charge in [-0.05, 0) is 36.4 Å². The molecule has 24 heavy (non-hydrogen) atoms. The second-order valence-corrected chi connectivity index (χ2v) is 5.06. The lowest BCUT2D eigenvalue weighted by molar-refractivity contribution is 0.102. The fraction of sp³-hybridized carbons (Fsp3) is 0. The van der Waals surface area contributed by atoms with Crippen LogP contribution in [-0.2, 0) is 0 Å². The van der Waals surface area contributed by atoms with Crippen molar-refractivity contribution in [1.29, 1.82) is 0 Å². The number of ether oxygens (including phenoxy) is 1. The zero-order chi connectivity index (χ0) is 16.8. The predicted molar refractivity (Wildman–Crippen MR) is 93.6 cm³/mol. The van der Waals surface area contributed by atoms with Gasteiger partial charge in [-0.25, -0.2) is 4.85 Å². The molecule has 4 heteroatoms. The highest BCUT2D eigenvalue weighted by atomic mass is 16.5. The standard InChI is InChI=1S/C20H14N2O2/c1-21-16-10-12-18(13-11-16)24-19-9-5-8-17(14-19)22-20(23)15-6-3-2-4-7-15/h2-14H,(H,22,23). The zero-order valence-electron chi connectivity index (χ0n) is 12.8. The van der Waals surface area contributed by atoms with Crippen LogP contribution in [0.3, 0.4) is 0 Å². The number of anilines is 1. The molecule has 0 saturated heterocycles. The van der Waals surface area contributed by atoms with Crippen molar-refractivity contribution < 1.29 is 9.53 Å². The van der Waals surface area contributed by atoms with Crippen molar-refractivity contribution in [2.24, 2.45) is 0 Å². The number of rotatable bonds is 4. The molecule has 0 aliphatic heterocycles. The summed E-state index contributed by atoms with van der Waals surface area (Å²) in [7, 11) is 0. The highest BCUT2D eigenvalue weighted by Crippen LogP contribution is 2.26. The topological polar surface area (TPSA) is 42.7 Å². The Labute approximate surface area is 140 Å². The fourth-order valence-corrected chi connectivity index (χ4v) is 2.15. The Morgan fingerprint density at radius 3 is 2.33 bits per heavy atom. The molecule has 0 saturated carbocycles. The van der Waals surface area contributed by atoms with E-state index in [0.717, 1.165) is 0 Å². The van der Waals surface area contributed by atoms with Gasteiger partial charge in [0, 0.05) is 17.3 Å². The molecule has 0 heterocycles. The number of hydrogen-bond acceptors (Lipinski definition) is 2. The van der Waals surface area contributed by atoms with Crippen molar-refractivity contribution in [3.05, 3.63) is 95.8 Å². The van der Waals surface area contributed by atoms with Gasteiger partial charge in [-0.15, -0.1) is 0 Å². The Morgan fingerprint density at radius 2 is 1.62 bits per heavy atom. The molecule has 1 N–H and O–H groups in total. The lowest BCUT2D eigenvalue weighted by Gasteiger charge is -2.09. The second kappa shape index (κ2) is 7.12. The SMILES string of the molecule is [C-]#[N+]c1ccc(Oc2cccc(NC(=O)c3ccccc3)c2)cc1. The molecule has 116 valence electrons. The van der Waals surface area contributed by atoms with E-state index >= 15 is 0 Å². The van der Waals surface area contributed by atoms with Gasteiger partial charge in [0.25, 0.3) is 5.91 Å². The minimum Gasteiger partial charge on any atom is -0.457 e. The molecule has 3 aromatic carbocycles. The summed E-state index contributed by atoms with van der Waals surface area (Å²) in [5.74, 6) is 1.07. The van der Waals surface area contributed by atoms with Crippen LogP contribution in [0.2, 0.25) is 0 Å². The fourth-order valence-electron chi connectivity index (χ4n) is 2.15. The van der Waals surface area contributed by atoms with Crippen LogP contribution < -0.4 is 10.1 Å². The monoisotopic (exact) mass is 314 g/mol. The molecule has 4 nitrogen and oxygen atoms in total. The molecule has 0 radical (unpaired) electrons. The van der Waals surface area contributed by atoms with Gasteiger partial charge in [0.1, 0.15) is 11.5 Å². The number of carbonyl (C=O) groups excluding carboxylic acids is 1. The highest BCUT2D eigenvalue weighted by molar-refractivity contribution is 6.04. The quantitative estimate of drug-likeness (QED) is 0.666. The summed E-state index contributed by atoms with van der Waals surface area (Å²) in [5, 5.41) is 2.84. The smallest absolute Gasteiger partial charge is 0.255 e. The number of amides is 1. The van der Waals surface area contributed by atoms with Gasteiger partial charge >= 0.3 is 0 Å². The predicted octanol–water partition coefficient (Wildman–Crippen LogP) is 5.28. The van der Waals surface area contributed by atoms with Gasteiger partial charge in [-0.1, -0.05) is 36.4 Å². The van der Waals surface area contributed by atoms with Crippen LogP contribution in [0.25, 0.3) is 4.85 Å². The van der Waals surface area contributed by atoms with Crippen molar-refractivity contribution in [3.8, 4) is 11.5 Å². The third kappa shape index (κ3) is 3.79. The average Bonchev–Trinajstić information content (AvgIpc) is 2.63. The van der Waals surface area contributed by atoms with E-state index in [9.17, 15) is 4.79 Å². The van der Waals surface area contributed by atoms with E-state index < -0.39 is 0 Å². The summed E-state index contributed by atoms with van der Waals surface area (Å²) in [5.41, 5.74) is 1.81. The van der Waals surface area contributed by atoms with Gasteiger partial charge in [0.2, 0.25) is 0 Å². The van der Waals surface area contributed by atoms with E-state index in [1.165, 1.54) is 0 Å². The molecule has 0 fully saturated rings. The molecular weight excluding hydrogens is 300 g/mol. The molecule has 0 aliphatic rings. The molecule has 0 aliphatic carbocycles. The lowest BCUT2D eigenvalue weighted by Crippen LogP contribution is -2.11. The normalized spacial score (nSPS) is 9.79. The van der Waals surface area contributed by atoms with Crippen molar-refractivity contribution in [2.45, 2.75) is 0 Å². The van der Waals surface area contributed by atoms with Crippen LogP contribution in [0.5, 0.6) is 11.5 Å². The Kier molecular flexibility index (Phi) is 4.55. The second-order valence-electron chi connectivity index (χ2n) is 5.06. The van der Waals surface area contributed by atoms with Crippen molar-refractivity contribution in [3.63, 3.8) is 0 Å². The van der Waals surface area contributed by atoms with Crippen molar-refractivity contribution in [1.82, 2.24) is 0 Å². The summed E-state index contributed by atoms with van der Waals surface area (Å²) >= 11 is 0. The maximum Gasteiger partial charge on any atom is 0.255 e. The van der Waals surface area contributed by atoms with Gasteiger partial charge in [-0.2, -0.15) is 0 Å². The Balaban J connectivity index is 1.72. The van der Waals surface area contributed by atoms with Gasteiger partial charge in [-0.3, -0.25) is 4.79 Å². The van der Waals surface area contributed by atoms with Crippen LogP contribution >= 0.6 is 0 Å². The molecule has 0 atom stereocenters. The first-order chi connectivity index (χ1) is 11.7. The maximum absolute atomic E-state index is 12.2. The summed E-state index contributed by atoms with van der Waals surface area (Å²) in [6, 6.07) is 23.1. The van der Waals surface area contributed by atoms with E-state index in [4.69, 9.17) is 11.3 Å². The van der Waals surface area contributed by atoms with E-state index in [2.05, 4.69) is 10.2 Å². The Bertz CT molecular complexity index is 882. The van der Waals surface area contributed by atoms with E-state index in [-0.39, 0.29) is 5.91 Å². The molecular formula is C20H14N2O2. The van der Waals surface area contributed by atoms with Gasteiger partial charge in [0.15, 0.2) is 5.69 Å². The van der Waals surface area contributed by atoms with Crippen molar-refractivity contribution in [2.75, 3.05) is 5.32 Å². The Hall–Kier alpha value is -3.58. The number of carbonyl (C=O) groups is 1. The zero-order valence-corrected chi connectivity index (χ0v) is 12.8. The van der Waals surface area contributed by atoms with Crippen LogP contribution in [0.4, 0.5) is 11.4 Å². The highest BCUT2D eigenvalue weighted by Gasteiger charge is 2.06. The van der Waals surface area contributed by atoms with E-state index in [0.29, 0.717) is 28.4 Å². The van der Waals surface area contributed by atoms with E-state index in [1.807, 2.05) is 24.3 Å². The molecule has 0 aromatic heterocycles. The summed E-state index contributed by atoms with van der Waals surface area (Å²) in [6.07, 6.45) is 0. The number of nitrogens with one attached hydrogen (secondary N) is 1. The van der Waals surface area contributed by atoms with Gasteiger partial charge < -0.3 is 10.1 Å². The molecule has 3 rings (SSSR count). The third-order valence-corrected chi connectivity index (χ3v) is 3.33. The summed E-state index contributed by atoms with van der Waals surface area (Å²) in [4.78, 5) is 15.5. The third-order valence-electron chi connectivity index (χ3n) is 3.33. The summed E-state index contributed by atoms with van der Waals surface area (Å²) < 4.78 is 5.75. The van der Waals surface area contributed by atoms with Crippen LogP contribution in [0.15, 0.2) is 78.9 Å². The molecule has 0 unspecified atom stereocenters. The minimum absolute atomic E-state index is 0.172. The molecule has 0 spiro atoms. The minimum atomic E-state index is -0.172. The van der Waals surface area contributed by atoms with E-state index in [1.54, 1.807) is 54.6 Å². The number of nitrogens with zero attached hydrogens (tertiary/aromatic N) is 1. The lowest BCUT2D eigenvalue weighted by atomic mass is 10.2. The maximum atomic E-state index is 12.2. The average molecular weight is 314 g/mol. The Morgan fingerprint density at radius 1 is 0.875 bits per heavy atom. The molecule has 0 bridgehead atoms. The molecule has 1 amide bonds. The first kappa shape index (κ1) is 15.3. The van der Waals surface area contributed by atoms with Crippen LogP contribution in [0, 0.1) is 6.57 Å².